The molecule has 104 valence electrons. The highest BCUT2D eigenvalue weighted by atomic mass is 16.2. The average molecular weight is 260 g/mol. The lowest BCUT2D eigenvalue weighted by Gasteiger charge is -2.35. The molecule has 1 aromatic rings. The van der Waals surface area contributed by atoms with Gasteiger partial charge in [-0.3, -0.25) is 4.79 Å². The van der Waals surface area contributed by atoms with E-state index in [1.807, 2.05) is 31.3 Å². The summed E-state index contributed by atoms with van der Waals surface area (Å²) >= 11 is 0. The van der Waals surface area contributed by atoms with Gasteiger partial charge in [-0.2, -0.15) is 0 Å². The quantitative estimate of drug-likeness (QED) is 0.907. The fourth-order valence-corrected chi connectivity index (χ4v) is 2.96. The summed E-state index contributed by atoms with van der Waals surface area (Å²) in [5.41, 5.74) is 7.48. The minimum Gasteiger partial charge on any atom is -0.326 e. The highest BCUT2D eigenvalue weighted by Gasteiger charge is 2.36. The highest BCUT2D eigenvalue weighted by molar-refractivity contribution is 5.97. The minimum absolute atomic E-state index is 0.189. The third-order valence-electron chi connectivity index (χ3n) is 4.31. The number of carbonyl (C=O) groups is 1. The monoisotopic (exact) mass is 260 g/mol. The van der Waals surface area contributed by atoms with Gasteiger partial charge in [-0.15, -0.1) is 0 Å². The van der Waals surface area contributed by atoms with Crippen molar-refractivity contribution in [2.24, 2.45) is 11.1 Å². The third-order valence-corrected chi connectivity index (χ3v) is 4.31. The van der Waals surface area contributed by atoms with E-state index < -0.39 is 0 Å². The van der Waals surface area contributed by atoms with Crippen LogP contribution in [0.25, 0.3) is 0 Å². The van der Waals surface area contributed by atoms with Gasteiger partial charge in [0.1, 0.15) is 0 Å². The number of nitrogens with two attached hydrogens (primary N) is 1. The molecule has 1 aliphatic rings. The summed E-state index contributed by atoms with van der Waals surface area (Å²) in [6.45, 7) is 2.62. The summed E-state index contributed by atoms with van der Waals surface area (Å²) in [5, 5.41) is 0. The lowest BCUT2D eigenvalue weighted by Crippen LogP contribution is -2.41. The number of nitrogens with zero attached hydrogens (tertiary/aromatic N) is 1. The van der Waals surface area contributed by atoms with Crippen molar-refractivity contribution in [3.8, 4) is 0 Å². The molecule has 0 aliphatic heterocycles. The van der Waals surface area contributed by atoms with Crippen LogP contribution in [0.5, 0.6) is 0 Å². The molecule has 0 aromatic heterocycles. The lowest BCUT2D eigenvalue weighted by atomic mass is 9.74. The standard InChI is InChI=1S/C16H24N2O/c1-16(9-4-3-5-10-16)15(19)18(2)14-8-6-7-13(11-14)12-17/h6-8,11H,3-5,9-10,12,17H2,1-2H3. The van der Waals surface area contributed by atoms with E-state index in [4.69, 9.17) is 5.73 Å². The molecular formula is C16H24N2O. The Balaban J connectivity index is 2.17. The van der Waals surface area contributed by atoms with Gasteiger partial charge in [0.25, 0.3) is 0 Å². The van der Waals surface area contributed by atoms with Crippen molar-refractivity contribution in [3.63, 3.8) is 0 Å². The van der Waals surface area contributed by atoms with Crippen LogP contribution in [0.2, 0.25) is 0 Å². The van der Waals surface area contributed by atoms with Crippen LogP contribution < -0.4 is 10.6 Å². The Labute approximate surface area is 115 Å². The molecule has 1 aliphatic carbocycles. The molecule has 1 aromatic carbocycles. The fourth-order valence-electron chi connectivity index (χ4n) is 2.96. The Kier molecular flexibility index (Phi) is 4.25. The van der Waals surface area contributed by atoms with Crippen molar-refractivity contribution >= 4 is 11.6 Å². The molecule has 0 unspecified atom stereocenters. The van der Waals surface area contributed by atoms with Gasteiger partial charge in [0.15, 0.2) is 0 Å². The van der Waals surface area contributed by atoms with E-state index in [0.29, 0.717) is 6.54 Å². The molecule has 0 bridgehead atoms. The summed E-state index contributed by atoms with van der Waals surface area (Å²) in [6.07, 6.45) is 5.60. The summed E-state index contributed by atoms with van der Waals surface area (Å²) in [7, 11) is 1.87. The number of anilines is 1. The zero-order valence-corrected chi connectivity index (χ0v) is 12.0. The van der Waals surface area contributed by atoms with Crippen molar-refractivity contribution < 1.29 is 4.79 Å². The van der Waals surface area contributed by atoms with Gasteiger partial charge in [-0.25, -0.2) is 0 Å². The maximum absolute atomic E-state index is 12.7. The van der Waals surface area contributed by atoms with Crippen molar-refractivity contribution in [2.75, 3.05) is 11.9 Å². The molecule has 0 spiro atoms. The van der Waals surface area contributed by atoms with E-state index in [0.717, 1.165) is 24.1 Å². The molecule has 3 heteroatoms. The van der Waals surface area contributed by atoms with Crippen molar-refractivity contribution in [1.82, 2.24) is 0 Å². The SMILES string of the molecule is CN(C(=O)C1(C)CCCCC1)c1cccc(CN)c1. The van der Waals surface area contributed by atoms with E-state index in [-0.39, 0.29) is 11.3 Å². The molecular weight excluding hydrogens is 236 g/mol. The zero-order chi connectivity index (χ0) is 13.9. The minimum atomic E-state index is -0.189. The Morgan fingerprint density at radius 2 is 2.00 bits per heavy atom. The van der Waals surface area contributed by atoms with Gasteiger partial charge in [0.05, 0.1) is 0 Å². The third kappa shape index (κ3) is 2.98. The first-order valence-electron chi connectivity index (χ1n) is 7.14. The van der Waals surface area contributed by atoms with Crippen LogP contribution in [0.3, 0.4) is 0 Å². The molecule has 2 rings (SSSR count). The first-order valence-corrected chi connectivity index (χ1v) is 7.14. The second-order valence-corrected chi connectivity index (χ2v) is 5.86. The summed E-state index contributed by atoms with van der Waals surface area (Å²) in [5.74, 6) is 0.237. The second-order valence-electron chi connectivity index (χ2n) is 5.86. The molecule has 0 radical (unpaired) electrons. The molecule has 2 N–H and O–H groups in total. The summed E-state index contributed by atoms with van der Waals surface area (Å²) in [6, 6.07) is 7.93. The van der Waals surface area contributed by atoms with Gasteiger partial charge in [-0.05, 0) is 30.5 Å². The van der Waals surface area contributed by atoms with Crippen LogP contribution in [0.15, 0.2) is 24.3 Å². The Morgan fingerprint density at radius 1 is 1.32 bits per heavy atom. The molecule has 1 amide bonds. The van der Waals surface area contributed by atoms with Crippen molar-refractivity contribution in [2.45, 2.75) is 45.6 Å². The van der Waals surface area contributed by atoms with Crippen LogP contribution in [-0.4, -0.2) is 13.0 Å². The smallest absolute Gasteiger partial charge is 0.232 e. The summed E-state index contributed by atoms with van der Waals surface area (Å²) in [4.78, 5) is 14.5. The van der Waals surface area contributed by atoms with Crippen molar-refractivity contribution in [3.05, 3.63) is 29.8 Å². The van der Waals surface area contributed by atoms with Gasteiger partial charge in [0, 0.05) is 24.7 Å². The van der Waals surface area contributed by atoms with Gasteiger partial charge in [0.2, 0.25) is 5.91 Å². The first-order chi connectivity index (χ1) is 9.07. The van der Waals surface area contributed by atoms with Crippen LogP contribution in [0, 0.1) is 5.41 Å². The number of rotatable bonds is 3. The Bertz CT molecular complexity index is 450. The maximum Gasteiger partial charge on any atom is 0.232 e. The van der Waals surface area contributed by atoms with E-state index in [1.165, 1.54) is 19.3 Å². The molecule has 0 heterocycles. The predicted octanol–water partition coefficient (Wildman–Crippen LogP) is 3.08. The van der Waals surface area contributed by atoms with Crippen LogP contribution in [-0.2, 0) is 11.3 Å². The van der Waals surface area contributed by atoms with Crippen molar-refractivity contribution in [1.29, 1.82) is 0 Å². The predicted molar refractivity (Wildman–Crippen MR) is 78.9 cm³/mol. The first kappa shape index (κ1) is 14.1. The van der Waals surface area contributed by atoms with E-state index >= 15 is 0 Å². The largest absolute Gasteiger partial charge is 0.326 e. The Morgan fingerprint density at radius 3 is 2.63 bits per heavy atom. The van der Waals surface area contributed by atoms with E-state index in [1.54, 1.807) is 4.90 Å². The number of hydrogen-bond donors (Lipinski definition) is 1. The molecule has 19 heavy (non-hydrogen) atoms. The normalized spacial score (nSPS) is 18.1. The lowest BCUT2D eigenvalue weighted by molar-refractivity contribution is -0.128. The molecule has 0 saturated heterocycles. The second kappa shape index (κ2) is 5.74. The van der Waals surface area contributed by atoms with Crippen LogP contribution >= 0.6 is 0 Å². The van der Waals surface area contributed by atoms with Gasteiger partial charge >= 0.3 is 0 Å². The fraction of sp³-hybridized carbons (Fsp3) is 0.562. The molecule has 0 atom stereocenters. The van der Waals surface area contributed by atoms with Crippen LogP contribution in [0.1, 0.15) is 44.6 Å². The number of benzene rings is 1. The van der Waals surface area contributed by atoms with Gasteiger partial charge < -0.3 is 10.6 Å². The average Bonchev–Trinajstić information content (AvgIpc) is 2.46. The van der Waals surface area contributed by atoms with E-state index in [9.17, 15) is 4.79 Å². The van der Waals surface area contributed by atoms with Crippen LogP contribution in [0.4, 0.5) is 5.69 Å². The summed E-state index contributed by atoms with van der Waals surface area (Å²) < 4.78 is 0. The van der Waals surface area contributed by atoms with Gasteiger partial charge in [-0.1, -0.05) is 38.3 Å². The molecule has 1 fully saturated rings. The number of amides is 1. The highest BCUT2D eigenvalue weighted by Crippen LogP contribution is 2.38. The maximum atomic E-state index is 12.7. The molecule has 1 saturated carbocycles. The topological polar surface area (TPSA) is 46.3 Å². The zero-order valence-electron chi connectivity index (χ0n) is 12.0. The number of carbonyl (C=O) groups excluding carboxylic acids is 1. The molecule has 3 nitrogen and oxygen atoms in total. The Hall–Kier alpha value is -1.35. The number of hydrogen-bond acceptors (Lipinski definition) is 2. The van der Waals surface area contributed by atoms with E-state index in [2.05, 4.69) is 6.92 Å².